The SMILES string of the molecule is CCNC(=NCc1cccnc1N(C)C)NCCc1cccc(F)c1.I. The maximum atomic E-state index is 13.2. The first-order chi connectivity index (χ1) is 12.1. The first-order valence-electron chi connectivity index (χ1n) is 8.48. The number of hydrogen-bond donors (Lipinski definition) is 2. The molecule has 2 N–H and O–H groups in total. The molecule has 0 atom stereocenters. The number of benzene rings is 1. The molecule has 0 radical (unpaired) electrons. The Morgan fingerprint density at radius 2 is 2.00 bits per heavy atom. The minimum absolute atomic E-state index is 0. The topological polar surface area (TPSA) is 52.6 Å². The first-order valence-corrected chi connectivity index (χ1v) is 8.48. The number of aromatic nitrogens is 1. The minimum Gasteiger partial charge on any atom is -0.362 e. The van der Waals surface area contributed by atoms with Crippen LogP contribution >= 0.6 is 24.0 Å². The monoisotopic (exact) mass is 471 g/mol. The third kappa shape index (κ3) is 7.15. The molecule has 0 unspecified atom stereocenters. The Hall–Kier alpha value is -1.90. The molecule has 0 fully saturated rings. The van der Waals surface area contributed by atoms with E-state index in [4.69, 9.17) is 0 Å². The number of hydrogen-bond acceptors (Lipinski definition) is 3. The van der Waals surface area contributed by atoms with Gasteiger partial charge in [-0.1, -0.05) is 18.2 Å². The van der Waals surface area contributed by atoms with Gasteiger partial charge in [-0.15, -0.1) is 24.0 Å². The Bertz CT molecular complexity index is 706. The number of rotatable bonds is 7. The van der Waals surface area contributed by atoms with Gasteiger partial charge in [-0.25, -0.2) is 14.4 Å². The molecule has 0 saturated carbocycles. The molecule has 1 aromatic carbocycles. The van der Waals surface area contributed by atoms with Crippen LogP contribution < -0.4 is 15.5 Å². The third-order valence-corrected chi connectivity index (χ3v) is 3.64. The van der Waals surface area contributed by atoms with Gasteiger partial charge in [-0.2, -0.15) is 0 Å². The highest BCUT2D eigenvalue weighted by atomic mass is 127. The van der Waals surface area contributed by atoms with Crippen LogP contribution in [0.4, 0.5) is 10.2 Å². The van der Waals surface area contributed by atoms with E-state index in [0.717, 1.165) is 35.9 Å². The molecular formula is C19H27FIN5. The molecular weight excluding hydrogens is 444 g/mol. The zero-order chi connectivity index (χ0) is 18.1. The summed E-state index contributed by atoms with van der Waals surface area (Å²) in [7, 11) is 3.94. The highest BCUT2D eigenvalue weighted by molar-refractivity contribution is 14.0. The predicted octanol–water partition coefficient (Wildman–Crippen LogP) is 3.20. The van der Waals surface area contributed by atoms with E-state index in [1.807, 2.05) is 44.1 Å². The van der Waals surface area contributed by atoms with E-state index in [-0.39, 0.29) is 29.8 Å². The molecule has 0 aliphatic heterocycles. The summed E-state index contributed by atoms with van der Waals surface area (Å²) in [5.74, 6) is 1.46. The van der Waals surface area contributed by atoms with Crippen molar-refractivity contribution in [2.24, 2.45) is 4.99 Å². The van der Waals surface area contributed by atoms with E-state index >= 15 is 0 Å². The van der Waals surface area contributed by atoms with E-state index < -0.39 is 0 Å². The second-order valence-electron chi connectivity index (χ2n) is 5.88. The van der Waals surface area contributed by atoms with E-state index in [1.54, 1.807) is 18.3 Å². The van der Waals surface area contributed by atoms with Crippen LogP contribution in [-0.2, 0) is 13.0 Å². The van der Waals surface area contributed by atoms with Gasteiger partial charge in [-0.3, -0.25) is 0 Å². The Balaban J connectivity index is 0.00000338. The number of aliphatic imine (C=N–C) groups is 1. The molecule has 0 aliphatic carbocycles. The summed E-state index contributed by atoms with van der Waals surface area (Å²) in [6.45, 7) is 4.03. The zero-order valence-corrected chi connectivity index (χ0v) is 17.8. The van der Waals surface area contributed by atoms with Gasteiger partial charge in [0.25, 0.3) is 0 Å². The average Bonchev–Trinajstić information content (AvgIpc) is 2.60. The molecule has 1 aromatic heterocycles. The van der Waals surface area contributed by atoms with Crippen LogP contribution in [0.5, 0.6) is 0 Å². The summed E-state index contributed by atoms with van der Waals surface area (Å²) in [6.07, 6.45) is 2.52. The number of nitrogens with one attached hydrogen (secondary N) is 2. The zero-order valence-electron chi connectivity index (χ0n) is 15.5. The molecule has 26 heavy (non-hydrogen) atoms. The van der Waals surface area contributed by atoms with Crippen LogP contribution in [0.3, 0.4) is 0 Å². The quantitative estimate of drug-likeness (QED) is 0.370. The molecule has 7 heteroatoms. The van der Waals surface area contributed by atoms with E-state index in [0.29, 0.717) is 13.1 Å². The van der Waals surface area contributed by atoms with Gasteiger partial charge in [0.15, 0.2) is 5.96 Å². The van der Waals surface area contributed by atoms with Gasteiger partial charge >= 0.3 is 0 Å². The fraction of sp³-hybridized carbons (Fsp3) is 0.368. The van der Waals surface area contributed by atoms with Crippen molar-refractivity contribution in [1.82, 2.24) is 15.6 Å². The van der Waals surface area contributed by atoms with E-state index in [1.165, 1.54) is 6.07 Å². The van der Waals surface area contributed by atoms with Crippen LogP contribution in [0, 0.1) is 5.82 Å². The predicted molar refractivity (Wildman–Crippen MR) is 117 cm³/mol. The van der Waals surface area contributed by atoms with E-state index in [9.17, 15) is 4.39 Å². The Morgan fingerprint density at radius 3 is 2.69 bits per heavy atom. The average molecular weight is 471 g/mol. The molecule has 2 rings (SSSR count). The summed E-state index contributed by atoms with van der Waals surface area (Å²) in [5.41, 5.74) is 2.03. The number of pyridine rings is 1. The number of guanidine groups is 1. The summed E-state index contributed by atoms with van der Waals surface area (Å²) >= 11 is 0. The lowest BCUT2D eigenvalue weighted by Gasteiger charge is -2.15. The first kappa shape index (κ1) is 22.1. The van der Waals surface area contributed by atoms with Crippen molar-refractivity contribution in [1.29, 1.82) is 0 Å². The summed E-state index contributed by atoms with van der Waals surface area (Å²) < 4.78 is 13.2. The molecule has 1 heterocycles. The highest BCUT2D eigenvalue weighted by Gasteiger charge is 2.05. The van der Waals surface area contributed by atoms with Crippen molar-refractivity contribution in [3.8, 4) is 0 Å². The lowest BCUT2D eigenvalue weighted by atomic mass is 10.1. The molecule has 0 saturated heterocycles. The van der Waals surface area contributed by atoms with Crippen molar-refractivity contribution in [3.63, 3.8) is 0 Å². The maximum Gasteiger partial charge on any atom is 0.191 e. The van der Waals surface area contributed by atoms with Crippen molar-refractivity contribution in [2.45, 2.75) is 19.9 Å². The molecule has 2 aromatic rings. The molecule has 142 valence electrons. The molecule has 0 spiro atoms. The van der Waals surface area contributed by atoms with Gasteiger partial charge < -0.3 is 15.5 Å². The number of nitrogens with zero attached hydrogens (tertiary/aromatic N) is 3. The van der Waals surface area contributed by atoms with Crippen molar-refractivity contribution >= 4 is 35.8 Å². The van der Waals surface area contributed by atoms with Crippen LogP contribution in [0.15, 0.2) is 47.6 Å². The summed E-state index contributed by atoms with van der Waals surface area (Å²) in [6, 6.07) is 10.6. The third-order valence-electron chi connectivity index (χ3n) is 3.64. The van der Waals surface area contributed by atoms with Crippen LogP contribution in [-0.4, -0.2) is 38.1 Å². The second kappa shape index (κ2) is 11.7. The largest absolute Gasteiger partial charge is 0.362 e. The summed E-state index contributed by atoms with van der Waals surface area (Å²) in [4.78, 5) is 11.0. The highest BCUT2D eigenvalue weighted by Crippen LogP contribution is 2.15. The van der Waals surface area contributed by atoms with E-state index in [2.05, 4.69) is 20.6 Å². The fourth-order valence-corrected chi connectivity index (χ4v) is 2.48. The smallest absolute Gasteiger partial charge is 0.191 e. The maximum absolute atomic E-state index is 13.2. The molecule has 5 nitrogen and oxygen atoms in total. The van der Waals surface area contributed by atoms with Crippen molar-refractivity contribution in [3.05, 3.63) is 59.5 Å². The second-order valence-corrected chi connectivity index (χ2v) is 5.88. The Labute approximate surface area is 172 Å². The van der Waals surface area contributed by atoms with Gasteiger partial charge in [0.2, 0.25) is 0 Å². The van der Waals surface area contributed by atoms with Crippen LogP contribution in [0.25, 0.3) is 0 Å². The van der Waals surface area contributed by atoms with Crippen molar-refractivity contribution < 1.29 is 4.39 Å². The molecule has 0 aliphatic rings. The number of anilines is 1. The van der Waals surface area contributed by atoms with Gasteiger partial charge in [0.1, 0.15) is 11.6 Å². The summed E-state index contributed by atoms with van der Waals surface area (Å²) in [5, 5.41) is 6.52. The van der Waals surface area contributed by atoms with Gasteiger partial charge in [0, 0.05) is 38.9 Å². The normalized spacial score (nSPS) is 10.8. The Kier molecular flexibility index (Phi) is 9.93. The van der Waals surface area contributed by atoms with Crippen LogP contribution in [0.2, 0.25) is 0 Å². The lowest BCUT2D eigenvalue weighted by molar-refractivity contribution is 0.625. The standard InChI is InChI=1S/C19H26FN5.HI/c1-4-21-19(23-12-10-15-7-5-9-17(20)13-15)24-14-16-8-6-11-22-18(16)25(2)3;/h5-9,11,13H,4,10,12,14H2,1-3H3,(H2,21,23,24);1H. The van der Waals surface area contributed by atoms with Gasteiger partial charge in [0.05, 0.1) is 6.54 Å². The van der Waals surface area contributed by atoms with Crippen molar-refractivity contribution in [2.75, 3.05) is 32.1 Å². The Morgan fingerprint density at radius 1 is 1.19 bits per heavy atom. The minimum atomic E-state index is -0.203. The number of halogens is 2. The molecule has 0 bridgehead atoms. The lowest BCUT2D eigenvalue weighted by Crippen LogP contribution is -2.38. The van der Waals surface area contributed by atoms with Crippen LogP contribution in [0.1, 0.15) is 18.1 Å². The van der Waals surface area contributed by atoms with Gasteiger partial charge in [-0.05, 0) is 37.1 Å². The molecule has 0 amide bonds. The fourth-order valence-electron chi connectivity index (χ4n) is 2.48.